The van der Waals surface area contributed by atoms with Crippen LogP contribution in [0.1, 0.15) is 197 Å². The van der Waals surface area contributed by atoms with E-state index in [0.29, 0.717) is 38.0 Å². The molecule has 29 heteroatoms. The van der Waals surface area contributed by atoms with Crippen molar-refractivity contribution in [1.82, 2.24) is 60.0 Å². The first-order valence-electron chi connectivity index (χ1n) is 39.5. The maximum Gasteiger partial charge on any atom is 0.394 e. The van der Waals surface area contributed by atoms with E-state index in [1.807, 2.05) is 40.7 Å². The molecule has 3 N–H and O–H groups in total. The molecule has 0 aromatic rings. The Labute approximate surface area is 632 Å². The molecular formula is C78H127F3N12O14. The first-order valence-corrected chi connectivity index (χ1v) is 39.5. The van der Waals surface area contributed by atoms with Crippen molar-refractivity contribution < 1.29 is 80.2 Å². The fourth-order valence-corrected chi connectivity index (χ4v) is 17.8. The van der Waals surface area contributed by atoms with E-state index >= 15 is 33.6 Å². The lowest BCUT2D eigenvalue weighted by Crippen LogP contribution is -2.71. The SMILES string of the molecule is CCCOC[C@H]1C(=O)N[C@@H]([C@@H](C)CC)C(=O)N(C)CC(=O)N(C)[C@H]2C/C=C\CCN(C2=O)[C@@H](CC2CCC(C)CC2)C(=O)N(C)CC(=O)N[C@@H](CCC2CCC(C(F)(F)F)C(OC)C2)C(=O)N2C[C@@H](C)C[C@H]2C(=O)NC2(CC(C)(C)C2)C(=O)N(C)[C@@H](C2CCCC2)C(=O)N(C)[C@H](C(=O)N(C)CC)CC(=O)N1C. The Morgan fingerprint density at radius 3 is 1.93 bits per heavy atom. The van der Waals surface area contributed by atoms with Gasteiger partial charge >= 0.3 is 6.18 Å². The van der Waals surface area contributed by atoms with Crippen LogP contribution in [0.25, 0.3) is 0 Å². The van der Waals surface area contributed by atoms with Gasteiger partial charge in [-0.1, -0.05) is 106 Å². The van der Waals surface area contributed by atoms with Gasteiger partial charge in [0.05, 0.1) is 38.1 Å². The lowest BCUT2D eigenvalue weighted by atomic mass is 9.58. The maximum atomic E-state index is 15.8. The van der Waals surface area contributed by atoms with Gasteiger partial charge in [0, 0.05) is 82.7 Å². The molecule has 3 heterocycles. The minimum Gasteiger partial charge on any atom is -0.381 e. The number of nitrogens with zero attached hydrogens (tertiary/aromatic N) is 9. The van der Waals surface area contributed by atoms with Crippen molar-refractivity contribution in [3.63, 3.8) is 0 Å². The number of alkyl halides is 3. The van der Waals surface area contributed by atoms with Crippen LogP contribution < -0.4 is 16.0 Å². The van der Waals surface area contributed by atoms with Crippen molar-refractivity contribution in [2.75, 3.05) is 102 Å². The highest BCUT2D eigenvalue weighted by Gasteiger charge is 2.59. The van der Waals surface area contributed by atoms with E-state index < -0.39 is 180 Å². The normalized spacial score (nSPS) is 31.7. The Morgan fingerprint density at radius 1 is 0.682 bits per heavy atom. The van der Waals surface area contributed by atoms with E-state index in [1.165, 1.54) is 90.7 Å². The van der Waals surface area contributed by atoms with Crippen LogP contribution in [0.2, 0.25) is 0 Å². The number of carbonyl (C=O) groups is 12. The molecule has 4 aliphatic carbocycles. The van der Waals surface area contributed by atoms with Gasteiger partial charge < -0.3 is 69.5 Å². The average Bonchev–Trinajstić information content (AvgIpc) is 1.17. The molecule has 107 heavy (non-hydrogen) atoms. The average molecular weight is 1510 g/mol. The molecule has 3 unspecified atom stereocenters. The monoisotopic (exact) mass is 1510 g/mol. The highest BCUT2D eigenvalue weighted by atomic mass is 19.4. The van der Waals surface area contributed by atoms with Crippen LogP contribution in [0.5, 0.6) is 0 Å². The van der Waals surface area contributed by atoms with Gasteiger partial charge in [-0.15, -0.1) is 0 Å². The summed E-state index contributed by atoms with van der Waals surface area (Å²) in [6.45, 7) is 14.1. The molecular weight excluding hydrogens is 1390 g/mol. The van der Waals surface area contributed by atoms with Gasteiger partial charge in [0.2, 0.25) is 70.9 Å². The summed E-state index contributed by atoms with van der Waals surface area (Å²) in [5, 5.41) is 8.89. The molecule has 2 saturated heterocycles. The van der Waals surface area contributed by atoms with Crippen molar-refractivity contribution in [3.05, 3.63) is 12.2 Å². The standard InChI is InChI=1S/C78H127F3N12O14/c1-17-37-107-45-60-67(97)83-65(50(6)18-2)73(103)87(11)44-64(96)88(12)56-27-21-20-24-36-92(72(56)102)59(39-51-30-28-48(4)29-31-51)71(101)86(10)43-62(94)82-55(35-33-52-32-34-54(78(79,80)81)61(40-52)106-16)69(99)93-42-49(5)38-57(93)68(98)84-77(46-76(7,8)47-77)75(105)91(15)66(53-25-22-23-26-53)74(104)90(14)58(41-63(95)89(60)13)70(100)85(9)19-3/h20-21,48-61,65-66H,17-19,22-47H2,1-16H3,(H,82,94)(H,83,97)(H,84,98)/b21-20-/t48?,49-,50-,51?,52?,54?,55-,56-,57-,58-,59-,60-,61?,65-,66-/m0/s1. The summed E-state index contributed by atoms with van der Waals surface area (Å²) in [6, 6.07) is -10.2. The summed E-state index contributed by atoms with van der Waals surface area (Å²) in [5.41, 5.74) is -2.12. The number of hydrogen-bond acceptors (Lipinski definition) is 14. The van der Waals surface area contributed by atoms with E-state index in [9.17, 15) is 37.1 Å². The van der Waals surface area contributed by atoms with Gasteiger partial charge in [0.15, 0.2) is 0 Å². The predicted molar refractivity (Wildman–Crippen MR) is 396 cm³/mol. The molecule has 4 saturated carbocycles. The summed E-state index contributed by atoms with van der Waals surface area (Å²) in [5.74, 6) is -10.7. The molecule has 0 radical (unpaired) electrons. The summed E-state index contributed by atoms with van der Waals surface area (Å²) < 4.78 is 54.3. The zero-order valence-corrected chi connectivity index (χ0v) is 66.8. The zero-order valence-electron chi connectivity index (χ0n) is 66.8. The highest BCUT2D eigenvalue weighted by Crippen LogP contribution is 2.50. The Morgan fingerprint density at radius 2 is 1.33 bits per heavy atom. The van der Waals surface area contributed by atoms with Gasteiger partial charge in [0.1, 0.15) is 53.9 Å². The van der Waals surface area contributed by atoms with Crippen molar-refractivity contribution in [2.45, 2.75) is 263 Å². The van der Waals surface area contributed by atoms with Gasteiger partial charge in [-0.05, 0) is 138 Å². The molecule has 12 amide bonds. The van der Waals surface area contributed by atoms with E-state index in [4.69, 9.17) is 9.47 Å². The summed E-state index contributed by atoms with van der Waals surface area (Å²) >= 11 is 0. The van der Waals surface area contributed by atoms with Crippen LogP contribution in [-0.2, 0) is 67.0 Å². The highest BCUT2D eigenvalue weighted by molar-refractivity contribution is 6.01. The van der Waals surface area contributed by atoms with Crippen molar-refractivity contribution in [2.24, 2.45) is 46.8 Å². The van der Waals surface area contributed by atoms with E-state index in [0.717, 1.165) is 48.3 Å². The number of fused-ring (bicyclic) bond motifs is 3. The van der Waals surface area contributed by atoms with Gasteiger partial charge in [-0.2, -0.15) is 13.2 Å². The number of likely N-dealkylation sites (N-methyl/N-ethyl adjacent to an activating group) is 7. The molecule has 604 valence electrons. The van der Waals surface area contributed by atoms with Crippen LogP contribution in [0.15, 0.2) is 12.2 Å². The van der Waals surface area contributed by atoms with Crippen LogP contribution in [-0.4, -0.2) is 284 Å². The molecule has 2 bridgehead atoms. The lowest BCUT2D eigenvalue weighted by molar-refractivity contribution is -0.215. The quantitative estimate of drug-likeness (QED) is 0.122. The molecule has 0 aromatic heterocycles. The number of nitrogens with one attached hydrogen (secondary N) is 3. The molecule has 0 aromatic carbocycles. The fraction of sp³-hybridized carbons (Fsp3) is 0.821. The smallest absolute Gasteiger partial charge is 0.381 e. The second-order valence-corrected chi connectivity index (χ2v) is 33.4. The Bertz CT molecular complexity index is 3170. The topological polar surface area (TPSA) is 289 Å². The lowest BCUT2D eigenvalue weighted by Gasteiger charge is -2.54. The van der Waals surface area contributed by atoms with Gasteiger partial charge in [-0.3, -0.25) is 57.5 Å². The molecule has 7 rings (SSSR count). The van der Waals surface area contributed by atoms with Crippen LogP contribution in [0, 0.1) is 46.8 Å². The summed E-state index contributed by atoms with van der Waals surface area (Å²) in [7, 11) is 11.3. The van der Waals surface area contributed by atoms with Gasteiger partial charge in [-0.25, -0.2) is 0 Å². The van der Waals surface area contributed by atoms with Gasteiger partial charge in [0.25, 0.3) is 0 Å². The van der Waals surface area contributed by atoms with Crippen molar-refractivity contribution >= 4 is 70.9 Å². The molecule has 6 fully saturated rings. The third kappa shape index (κ3) is 21.6. The predicted octanol–water partition coefficient (Wildman–Crippen LogP) is 6.18. The molecule has 1 spiro atoms. The van der Waals surface area contributed by atoms with Crippen molar-refractivity contribution in [3.8, 4) is 0 Å². The number of halogens is 3. The first-order chi connectivity index (χ1) is 50.3. The Hall–Kier alpha value is -6.91. The maximum absolute atomic E-state index is 15.8. The minimum atomic E-state index is -4.51. The van der Waals surface area contributed by atoms with Crippen LogP contribution in [0.3, 0.4) is 0 Å². The molecule has 13 atom stereocenters. The molecule has 26 nitrogen and oxygen atoms in total. The zero-order chi connectivity index (χ0) is 79.3. The molecule has 7 aliphatic rings. The number of hydrogen-bond donors (Lipinski definition) is 3. The largest absolute Gasteiger partial charge is 0.394 e. The third-order valence-corrected chi connectivity index (χ3v) is 24.6. The van der Waals surface area contributed by atoms with E-state index in [2.05, 4.69) is 22.9 Å². The second kappa shape index (κ2) is 38.1. The van der Waals surface area contributed by atoms with Crippen LogP contribution in [0.4, 0.5) is 13.2 Å². The van der Waals surface area contributed by atoms with E-state index in [-0.39, 0.29) is 115 Å². The third-order valence-electron chi connectivity index (χ3n) is 24.6. The first kappa shape index (κ1) is 87.3. The number of rotatable bonds is 15. The fourth-order valence-electron chi connectivity index (χ4n) is 17.8. The number of ether oxygens (including phenoxy) is 2. The summed E-state index contributed by atoms with van der Waals surface area (Å²) in [6.07, 6.45) is 5.20. The number of amides is 12. The molecule has 3 aliphatic heterocycles. The second-order valence-electron chi connectivity index (χ2n) is 33.4. The Kier molecular flexibility index (Phi) is 31.1. The number of methoxy groups -OCH3 is 1. The van der Waals surface area contributed by atoms with Crippen LogP contribution >= 0.6 is 0 Å². The summed E-state index contributed by atoms with van der Waals surface area (Å²) in [4.78, 5) is 194. The number of carbonyl (C=O) groups excluding carboxylic acids is 12. The van der Waals surface area contributed by atoms with E-state index in [1.54, 1.807) is 19.9 Å². The minimum absolute atomic E-state index is 0.00188. The Balaban J connectivity index is 1.33. The van der Waals surface area contributed by atoms with Crippen molar-refractivity contribution in [1.29, 1.82) is 0 Å².